The van der Waals surface area contributed by atoms with E-state index in [1.807, 2.05) is 18.2 Å². The monoisotopic (exact) mass is 536 g/mol. The Kier molecular flexibility index (Phi) is 7.31. The second-order valence-corrected chi connectivity index (χ2v) is 9.35. The van der Waals surface area contributed by atoms with Crippen molar-refractivity contribution in [2.75, 3.05) is 18.5 Å². The summed E-state index contributed by atoms with van der Waals surface area (Å²) in [7, 11) is 0. The number of ketones is 1. The Morgan fingerprint density at radius 2 is 2.00 bits per heavy atom. The third-order valence-electron chi connectivity index (χ3n) is 6.23. The molecule has 2 atom stereocenters. The molecule has 0 bridgehead atoms. The van der Waals surface area contributed by atoms with Crippen molar-refractivity contribution < 1.29 is 19.4 Å². The van der Waals surface area contributed by atoms with Gasteiger partial charge in [-0.3, -0.25) is 4.79 Å². The molecule has 8 nitrogen and oxygen atoms in total. The summed E-state index contributed by atoms with van der Waals surface area (Å²) < 4.78 is 11.5. The van der Waals surface area contributed by atoms with E-state index >= 15 is 0 Å². The maximum Gasteiger partial charge on any atom is 0.228 e. The molecule has 1 aliphatic rings. The van der Waals surface area contributed by atoms with E-state index in [9.17, 15) is 9.90 Å². The van der Waals surface area contributed by atoms with Crippen molar-refractivity contribution >= 4 is 51.4 Å². The molecule has 5 rings (SSSR count). The van der Waals surface area contributed by atoms with Crippen LogP contribution in [0.4, 0.5) is 11.4 Å². The van der Waals surface area contributed by atoms with E-state index in [1.54, 1.807) is 30.5 Å². The molecule has 0 amide bonds. The average molecular weight is 537 g/mol. The fourth-order valence-electron chi connectivity index (χ4n) is 4.31. The molecule has 0 unspecified atom stereocenters. The number of aliphatic hydroxyl groups is 1. The zero-order valence-corrected chi connectivity index (χ0v) is 21.0. The molecule has 2 aromatic heterocycles. The van der Waals surface area contributed by atoms with Crippen molar-refractivity contribution in [1.82, 2.24) is 9.97 Å². The van der Waals surface area contributed by atoms with Crippen LogP contribution in [0, 0.1) is 6.57 Å². The number of benzene rings is 2. The summed E-state index contributed by atoms with van der Waals surface area (Å²) in [5, 5.41) is 13.4. The van der Waals surface area contributed by atoms with Gasteiger partial charge in [0.15, 0.2) is 5.78 Å². The van der Waals surface area contributed by atoms with Crippen molar-refractivity contribution in [2.24, 2.45) is 0 Å². The first-order chi connectivity index (χ1) is 18.0. The summed E-state index contributed by atoms with van der Waals surface area (Å²) >= 11 is 13.0. The fraction of sp³-hybridized carbons (Fsp3) is 0.222. The molecular formula is C27H22Cl2N4O4. The number of pyridine rings is 1. The van der Waals surface area contributed by atoms with Crippen molar-refractivity contribution in [2.45, 2.75) is 25.0 Å². The van der Waals surface area contributed by atoms with Crippen molar-refractivity contribution in [3.8, 4) is 11.5 Å². The molecule has 1 fully saturated rings. The molecule has 3 heterocycles. The quantitative estimate of drug-likeness (QED) is 0.187. The highest BCUT2D eigenvalue weighted by atomic mass is 35.5. The van der Waals surface area contributed by atoms with Gasteiger partial charge in [-0.25, -0.2) is 9.83 Å². The average Bonchev–Trinajstić information content (AvgIpc) is 3.37. The fourth-order valence-corrected chi connectivity index (χ4v) is 4.76. The molecule has 4 aromatic rings. The lowest BCUT2D eigenvalue weighted by atomic mass is 10.0. The Hall–Kier alpha value is -3.61. The topological polar surface area (TPSA) is 101 Å². The zero-order chi connectivity index (χ0) is 25.9. The van der Waals surface area contributed by atoms with Crippen LogP contribution in [0.5, 0.6) is 11.5 Å². The number of aromatic nitrogens is 2. The number of carbonyl (C=O) groups excluding carboxylic acids is 1. The number of hydrogen-bond acceptors (Lipinski definition) is 6. The van der Waals surface area contributed by atoms with E-state index in [2.05, 4.69) is 20.1 Å². The normalized spacial score (nSPS) is 17.4. The number of aliphatic hydroxyl groups excluding tert-OH is 1. The predicted molar refractivity (Wildman–Crippen MR) is 142 cm³/mol. The first-order valence-electron chi connectivity index (χ1n) is 11.6. The SMILES string of the molecule is [C-]#[N+]c1cnc2[nH]cc(C(=O)c3ccc(Oc4ccccc4)c(Cl)c3Cl)c2c1N[C@@H]1CC[C@@H](CO)OC1. The summed E-state index contributed by atoms with van der Waals surface area (Å²) in [5.41, 5.74) is 1.72. The van der Waals surface area contributed by atoms with Crippen LogP contribution in [0.3, 0.4) is 0 Å². The van der Waals surface area contributed by atoms with Gasteiger partial charge in [-0.05, 0) is 37.1 Å². The molecular weight excluding hydrogens is 515 g/mol. The zero-order valence-electron chi connectivity index (χ0n) is 19.5. The Balaban J connectivity index is 1.50. The van der Waals surface area contributed by atoms with Gasteiger partial charge in [-0.1, -0.05) is 41.4 Å². The molecule has 0 aliphatic carbocycles. The van der Waals surface area contributed by atoms with Gasteiger partial charge in [0.05, 0.1) is 42.2 Å². The number of carbonyl (C=O) groups is 1. The minimum Gasteiger partial charge on any atom is -0.456 e. The molecule has 1 saturated heterocycles. The van der Waals surface area contributed by atoms with Gasteiger partial charge in [0.2, 0.25) is 5.69 Å². The van der Waals surface area contributed by atoms with Crippen LogP contribution in [-0.2, 0) is 4.74 Å². The van der Waals surface area contributed by atoms with Gasteiger partial charge in [0.25, 0.3) is 0 Å². The summed E-state index contributed by atoms with van der Waals surface area (Å²) in [6.07, 6.45) is 4.24. The molecule has 3 N–H and O–H groups in total. The van der Waals surface area contributed by atoms with Crippen LogP contribution < -0.4 is 10.1 Å². The van der Waals surface area contributed by atoms with Crippen molar-refractivity contribution in [3.63, 3.8) is 0 Å². The smallest absolute Gasteiger partial charge is 0.228 e. The summed E-state index contributed by atoms with van der Waals surface area (Å²) in [6, 6.07) is 12.2. The van der Waals surface area contributed by atoms with E-state index in [1.165, 1.54) is 6.20 Å². The number of anilines is 1. The third kappa shape index (κ3) is 4.99. The van der Waals surface area contributed by atoms with Crippen LogP contribution in [0.2, 0.25) is 10.0 Å². The lowest BCUT2D eigenvalue weighted by molar-refractivity contribution is -0.0223. The number of ether oxygens (including phenoxy) is 2. The lowest BCUT2D eigenvalue weighted by Gasteiger charge is -2.29. The van der Waals surface area contributed by atoms with E-state index in [-0.39, 0.29) is 45.8 Å². The van der Waals surface area contributed by atoms with Gasteiger partial charge >= 0.3 is 0 Å². The summed E-state index contributed by atoms with van der Waals surface area (Å²) in [6.45, 7) is 7.98. The summed E-state index contributed by atoms with van der Waals surface area (Å²) in [4.78, 5) is 24.7. The Labute approximate surface area is 223 Å². The lowest BCUT2D eigenvalue weighted by Crippen LogP contribution is -2.36. The Morgan fingerprint density at radius 3 is 2.70 bits per heavy atom. The summed E-state index contributed by atoms with van der Waals surface area (Å²) in [5.74, 6) is 0.532. The molecule has 1 aliphatic heterocycles. The largest absolute Gasteiger partial charge is 0.456 e. The van der Waals surface area contributed by atoms with Crippen LogP contribution in [0.1, 0.15) is 28.8 Å². The number of halogens is 2. The number of H-pyrrole nitrogens is 1. The molecule has 37 heavy (non-hydrogen) atoms. The predicted octanol–water partition coefficient (Wildman–Crippen LogP) is 6.40. The Morgan fingerprint density at radius 1 is 1.19 bits per heavy atom. The second-order valence-electron chi connectivity index (χ2n) is 8.60. The van der Waals surface area contributed by atoms with E-state index < -0.39 is 0 Å². The van der Waals surface area contributed by atoms with E-state index in [0.29, 0.717) is 46.8 Å². The molecule has 188 valence electrons. The van der Waals surface area contributed by atoms with Crippen LogP contribution in [0.15, 0.2) is 54.9 Å². The van der Waals surface area contributed by atoms with Gasteiger partial charge in [0, 0.05) is 29.4 Å². The van der Waals surface area contributed by atoms with Gasteiger partial charge in [-0.2, -0.15) is 0 Å². The Bertz CT molecular complexity index is 1490. The maximum atomic E-state index is 13.7. The number of para-hydroxylation sites is 1. The molecule has 0 spiro atoms. The highest BCUT2D eigenvalue weighted by Gasteiger charge is 2.26. The van der Waals surface area contributed by atoms with E-state index in [0.717, 1.165) is 6.42 Å². The second kappa shape index (κ2) is 10.8. The highest BCUT2D eigenvalue weighted by molar-refractivity contribution is 6.45. The number of nitrogens with zero attached hydrogens (tertiary/aromatic N) is 2. The third-order valence-corrected chi connectivity index (χ3v) is 7.10. The van der Waals surface area contributed by atoms with Gasteiger partial charge in [-0.15, -0.1) is 0 Å². The number of aromatic amines is 1. The standard InChI is InChI=1S/C27H22Cl2N4O4/c1-30-20-12-32-27-22(25(20)33-15-7-8-17(13-34)36-14-15)19(11-31-27)26(35)18-9-10-21(24(29)23(18)28)37-16-5-3-2-4-6-16/h2-6,9-12,15,17,34H,7-8,13-14H2,(H2,31,32,33)/t15-,17+/m1/s1. The van der Waals surface area contributed by atoms with E-state index in [4.69, 9.17) is 39.2 Å². The van der Waals surface area contributed by atoms with Crippen LogP contribution in [-0.4, -0.2) is 46.2 Å². The first kappa shape index (κ1) is 25.1. The van der Waals surface area contributed by atoms with Crippen LogP contribution in [0.25, 0.3) is 15.9 Å². The molecule has 0 saturated carbocycles. The highest BCUT2D eigenvalue weighted by Crippen LogP contribution is 2.40. The number of rotatable bonds is 7. The number of nitrogens with one attached hydrogen (secondary N) is 2. The number of hydrogen-bond donors (Lipinski definition) is 3. The van der Waals surface area contributed by atoms with Crippen molar-refractivity contribution in [3.05, 3.63) is 87.4 Å². The molecule has 2 aromatic carbocycles. The van der Waals surface area contributed by atoms with Gasteiger partial charge < -0.3 is 24.9 Å². The maximum absolute atomic E-state index is 13.7. The first-order valence-corrected chi connectivity index (χ1v) is 12.4. The van der Waals surface area contributed by atoms with Crippen LogP contribution >= 0.6 is 23.2 Å². The molecule has 10 heteroatoms. The van der Waals surface area contributed by atoms with Crippen molar-refractivity contribution in [1.29, 1.82) is 0 Å². The minimum atomic E-state index is -0.378. The van der Waals surface area contributed by atoms with Gasteiger partial charge in [0.1, 0.15) is 22.2 Å². The number of fused-ring (bicyclic) bond motifs is 1. The minimum absolute atomic E-state index is 0.0333. The molecule has 0 radical (unpaired) electrons.